The molecule has 1 rings (SSSR count). The fourth-order valence-electron chi connectivity index (χ4n) is 1.71. The van der Waals surface area contributed by atoms with Crippen molar-refractivity contribution in [2.75, 3.05) is 0 Å². The maximum atomic E-state index is 1.91. The van der Waals surface area contributed by atoms with Crippen LogP contribution in [0, 0.1) is 5.92 Å². The van der Waals surface area contributed by atoms with E-state index < -0.39 is 0 Å². The van der Waals surface area contributed by atoms with Gasteiger partial charge in [0.25, 0.3) is 0 Å². The van der Waals surface area contributed by atoms with E-state index >= 15 is 0 Å². The summed E-state index contributed by atoms with van der Waals surface area (Å²) >= 11 is 1.91. The van der Waals surface area contributed by atoms with Gasteiger partial charge in [0.1, 0.15) is 0 Å². The van der Waals surface area contributed by atoms with E-state index in [1.807, 2.05) is 18.6 Å². The standard InChI is InChI=1S/C8H15.2ClH.Ga/c1-2-8-6-4-3-5-7-8;;;/h8H,1-7H2;2*1H;/q;;;+2/p-2. The minimum atomic E-state index is 0. The first-order valence-corrected chi connectivity index (χ1v) is 5.85. The molecule has 0 bridgehead atoms. The van der Waals surface area contributed by atoms with E-state index in [2.05, 4.69) is 0 Å². The summed E-state index contributed by atoms with van der Waals surface area (Å²) in [5, 5.41) is 0. The van der Waals surface area contributed by atoms with Gasteiger partial charge in [-0.3, -0.25) is 0 Å². The van der Waals surface area contributed by atoms with Gasteiger partial charge >= 0.3 is 68.0 Å². The Balaban J connectivity index is 0. The van der Waals surface area contributed by atoms with Crippen LogP contribution >= 0.6 is 0 Å². The predicted octanol–water partition coefficient (Wildman–Crippen LogP) is -3.45. The van der Waals surface area contributed by atoms with Crippen molar-refractivity contribution < 1.29 is 24.8 Å². The summed E-state index contributed by atoms with van der Waals surface area (Å²) in [4.78, 5) is 1.46. The monoisotopic (exact) mass is 250 g/mol. The molecule has 0 aromatic heterocycles. The molecule has 1 aliphatic carbocycles. The van der Waals surface area contributed by atoms with Crippen LogP contribution in [-0.2, 0) is 0 Å². The Morgan fingerprint density at radius 3 is 2.00 bits per heavy atom. The van der Waals surface area contributed by atoms with Crippen molar-refractivity contribution >= 4 is 18.6 Å². The van der Waals surface area contributed by atoms with E-state index in [0.717, 1.165) is 5.92 Å². The second kappa shape index (κ2) is 9.31. The zero-order chi connectivity index (χ0) is 6.53. The molecule has 0 radical (unpaired) electrons. The number of hydrogen-bond donors (Lipinski definition) is 0. The van der Waals surface area contributed by atoms with Crippen molar-refractivity contribution in [2.45, 2.75) is 43.5 Å². The van der Waals surface area contributed by atoms with Crippen LogP contribution in [0.1, 0.15) is 38.5 Å². The number of rotatable bonds is 2. The fourth-order valence-corrected chi connectivity index (χ4v) is 2.70. The van der Waals surface area contributed by atoms with Crippen molar-refractivity contribution in [1.29, 1.82) is 0 Å². The molecule has 0 unspecified atom stereocenters. The van der Waals surface area contributed by atoms with Crippen molar-refractivity contribution in [1.82, 2.24) is 0 Å². The van der Waals surface area contributed by atoms with E-state index in [-0.39, 0.29) is 24.8 Å². The van der Waals surface area contributed by atoms with Crippen LogP contribution in [0.25, 0.3) is 0 Å². The molecule has 0 heterocycles. The van der Waals surface area contributed by atoms with Crippen molar-refractivity contribution in [3.8, 4) is 0 Å². The van der Waals surface area contributed by atoms with Crippen molar-refractivity contribution in [3.63, 3.8) is 0 Å². The van der Waals surface area contributed by atoms with Gasteiger partial charge < -0.3 is 24.8 Å². The second-order valence-electron chi connectivity index (χ2n) is 3.08. The molecular weight excluding hydrogens is 237 g/mol. The van der Waals surface area contributed by atoms with Gasteiger partial charge in [0.05, 0.1) is 0 Å². The predicted molar refractivity (Wildman–Crippen MR) is 41.8 cm³/mol. The Hall–Kier alpha value is 1.22. The molecule has 1 aliphatic rings. The van der Waals surface area contributed by atoms with Crippen LogP contribution in [0.4, 0.5) is 0 Å². The quantitative estimate of drug-likeness (QED) is 0.448. The SMILES string of the molecule is [Cl-].[Cl-].[Ga+2][CH2]CC1CCCCC1. The molecule has 0 atom stereocenters. The van der Waals surface area contributed by atoms with Crippen LogP contribution in [0.5, 0.6) is 0 Å². The molecule has 1 saturated carbocycles. The zero-order valence-electron chi connectivity index (χ0n) is 6.86. The number of hydrogen-bond acceptors (Lipinski definition) is 0. The van der Waals surface area contributed by atoms with Crippen LogP contribution in [0.15, 0.2) is 0 Å². The van der Waals surface area contributed by atoms with Gasteiger partial charge in [-0.2, -0.15) is 0 Å². The van der Waals surface area contributed by atoms with Gasteiger partial charge in [-0.05, 0) is 0 Å². The average molecular weight is 252 g/mol. The summed E-state index contributed by atoms with van der Waals surface area (Å²) in [5.74, 6) is 1.12. The van der Waals surface area contributed by atoms with Gasteiger partial charge in [-0.25, -0.2) is 0 Å². The molecule has 0 spiro atoms. The third-order valence-corrected chi connectivity index (χ3v) is 3.00. The molecule has 0 aliphatic heterocycles. The molecule has 0 nitrogen and oxygen atoms in total. The molecular formula is C8H15Cl2Ga. The van der Waals surface area contributed by atoms with Crippen LogP contribution in [0.3, 0.4) is 0 Å². The van der Waals surface area contributed by atoms with Gasteiger partial charge in [-0.1, -0.05) is 0 Å². The first-order chi connectivity index (χ1) is 4.43. The maximum absolute atomic E-state index is 1.91. The summed E-state index contributed by atoms with van der Waals surface area (Å²) in [6.07, 6.45) is 9.11. The van der Waals surface area contributed by atoms with Crippen LogP contribution < -0.4 is 24.8 Å². The Morgan fingerprint density at radius 1 is 1.00 bits per heavy atom. The third kappa shape index (κ3) is 6.38. The van der Waals surface area contributed by atoms with E-state index in [1.165, 1.54) is 43.5 Å². The third-order valence-electron chi connectivity index (χ3n) is 2.30. The Labute approximate surface area is 92.6 Å². The van der Waals surface area contributed by atoms with Crippen molar-refractivity contribution in [2.24, 2.45) is 5.92 Å². The molecule has 0 amide bonds. The first kappa shape index (κ1) is 14.7. The van der Waals surface area contributed by atoms with Crippen LogP contribution in [0.2, 0.25) is 4.98 Å². The molecule has 0 N–H and O–H groups in total. The molecule has 1 fully saturated rings. The number of halogens is 2. The van der Waals surface area contributed by atoms with Gasteiger partial charge in [0, 0.05) is 0 Å². The summed E-state index contributed by atoms with van der Waals surface area (Å²) in [6, 6.07) is 0. The van der Waals surface area contributed by atoms with E-state index in [0.29, 0.717) is 0 Å². The fraction of sp³-hybridized carbons (Fsp3) is 1.00. The summed E-state index contributed by atoms with van der Waals surface area (Å²) in [7, 11) is 0. The topological polar surface area (TPSA) is 0 Å². The minimum absolute atomic E-state index is 0. The van der Waals surface area contributed by atoms with Gasteiger partial charge in [0.2, 0.25) is 0 Å². The van der Waals surface area contributed by atoms with Crippen molar-refractivity contribution in [3.05, 3.63) is 0 Å². The molecule has 0 saturated heterocycles. The van der Waals surface area contributed by atoms with E-state index in [9.17, 15) is 0 Å². The molecule has 0 aromatic carbocycles. The first-order valence-electron chi connectivity index (χ1n) is 4.13. The molecule has 3 heteroatoms. The Bertz CT molecular complexity index is 69.7. The van der Waals surface area contributed by atoms with Gasteiger partial charge in [0.15, 0.2) is 0 Å². The summed E-state index contributed by atoms with van der Waals surface area (Å²) in [6.45, 7) is 0. The summed E-state index contributed by atoms with van der Waals surface area (Å²) < 4.78 is 0. The van der Waals surface area contributed by atoms with E-state index in [1.54, 1.807) is 0 Å². The van der Waals surface area contributed by atoms with E-state index in [4.69, 9.17) is 0 Å². The van der Waals surface area contributed by atoms with Crippen LogP contribution in [-0.4, -0.2) is 18.6 Å². The van der Waals surface area contributed by atoms with Gasteiger partial charge in [-0.15, -0.1) is 0 Å². The Morgan fingerprint density at radius 2 is 1.55 bits per heavy atom. The zero-order valence-corrected chi connectivity index (χ0v) is 10.8. The normalized spacial score (nSPS) is 18.4. The molecule has 0 aromatic rings. The summed E-state index contributed by atoms with van der Waals surface area (Å²) in [5.41, 5.74) is 0. The average Bonchev–Trinajstić information content (AvgIpc) is 1.91. The Kier molecular flexibility index (Phi) is 12.5. The molecule has 64 valence electrons. The molecule has 11 heavy (non-hydrogen) atoms. The second-order valence-corrected chi connectivity index (χ2v) is 4.29.